The third kappa shape index (κ3) is 2.04. The minimum absolute atomic E-state index is 0.0359. The van der Waals surface area contributed by atoms with E-state index in [1.807, 2.05) is 0 Å². The molecule has 1 aromatic heterocycles. The SMILES string of the molecule is CC1(C)C(=O)N(c2ncc(C#CCCO)s2)S1(=O)=O. The van der Waals surface area contributed by atoms with E-state index in [2.05, 4.69) is 16.8 Å². The summed E-state index contributed by atoms with van der Waals surface area (Å²) in [5, 5.41) is 8.71. The van der Waals surface area contributed by atoms with E-state index in [0.717, 1.165) is 15.6 Å². The van der Waals surface area contributed by atoms with Crippen molar-refractivity contribution < 1.29 is 18.3 Å². The Kier molecular flexibility index (Phi) is 3.38. The highest BCUT2D eigenvalue weighted by Crippen LogP contribution is 2.40. The predicted octanol–water partition coefficient (Wildman–Crippen LogP) is 0.332. The number of hydrogen-bond donors (Lipinski definition) is 1. The van der Waals surface area contributed by atoms with E-state index in [1.165, 1.54) is 20.0 Å². The molecule has 8 heteroatoms. The number of thiazole rings is 1. The van der Waals surface area contributed by atoms with Crippen molar-refractivity contribution in [3.05, 3.63) is 11.1 Å². The maximum Gasteiger partial charge on any atom is 0.265 e. The number of rotatable bonds is 2. The second-order valence-corrected chi connectivity index (χ2v) is 7.71. The Morgan fingerprint density at radius 2 is 2.21 bits per heavy atom. The first kappa shape index (κ1) is 14.0. The number of carbonyl (C=O) groups excluding carboxylic acids is 1. The van der Waals surface area contributed by atoms with Gasteiger partial charge in [0.2, 0.25) is 5.13 Å². The first-order chi connectivity index (χ1) is 8.82. The molecule has 1 fully saturated rings. The van der Waals surface area contributed by atoms with Crippen LogP contribution in [0, 0.1) is 11.8 Å². The van der Waals surface area contributed by atoms with E-state index < -0.39 is 20.7 Å². The van der Waals surface area contributed by atoms with Gasteiger partial charge in [-0.3, -0.25) is 4.79 Å². The maximum atomic E-state index is 12.0. The van der Waals surface area contributed by atoms with Gasteiger partial charge in [-0.05, 0) is 13.8 Å². The van der Waals surface area contributed by atoms with Gasteiger partial charge in [0.25, 0.3) is 15.9 Å². The predicted molar refractivity (Wildman–Crippen MR) is 71.2 cm³/mol. The Hall–Kier alpha value is -1.43. The van der Waals surface area contributed by atoms with Crippen LogP contribution in [0.4, 0.5) is 5.13 Å². The van der Waals surface area contributed by atoms with Crippen molar-refractivity contribution in [2.75, 3.05) is 10.9 Å². The molecular weight excluding hydrogens is 288 g/mol. The standard InChI is InChI=1S/C11H12N2O4S2/c1-11(2)9(15)13(19(11,16)17)10-12-7-8(18-10)5-3-4-6-14/h7,14H,4,6H2,1-2H3. The van der Waals surface area contributed by atoms with Gasteiger partial charge in [-0.15, -0.1) is 0 Å². The van der Waals surface area contributed by atoms with Gasteiger partial charge in [-0.2, -0.15) is 4.31 Å². The Labute approximate surface area is 115 Å². The summed E-state index contributed by atoms with van der Waals surface area (Å²) in [5.74, 6) is 4.96. The zero-order valence-corrected chi connectivity index (χ0v) is 12.0. The van der Waals surface area contributed by atoms with Crippen LogP contribution in [0.2, 0.25) is 0 Å². The Bertz CT molecular complexity index is 679. The van der Waals surface area contributed by atoms with Crippen molar-refractivity contribution in [1.29, 1.82) is 0 Å². The third-order valence-corrected chi connectivity index (χ3v) is 6.00. The van der Waals surface area contributed by atoms with E-state index in [-0.39, 0.29) is 11.7 Å². The van der Waals surface area contributed by atoms with Crippen LogP contribution in [0.15, 0.2) is 6.20 Å². The molecule has 102 valence electrons. The average Bonchev–Trinajstić information content (AvgIpc) is 2.77. The number of carbonyl (C=O) groups is 1. The molecule has 0 radical (unpaired) electrons. The largest absolute Gasteiger partial charge is 0.395 e. The molecule has 19 heavy (non-hydrogen) atoms. The summed E-state index contributed by atoms with van der Waals surface area (Å²) in [7, 11) is -3.67. The van der Waals surface area contributed by atoms with Crippen LogP contribution in [-0.4, -0.2) is 35.8 Å². The summed E-state index contributed by atoms with van der Waals surface area (Å²) in [4.78, 5) is 16.3. The minimum atomic E-state index is -3.67. The van der Waals surface area contributed by atoms with E-state index in [9.17, 15) is 13.2 Å². The molecule has 0 bridgehead atoms. The summed E-state index contributed by atoms with van der Waals surface area (Å²) in [6.45, 7) is 2.71. The summed E-state index contributed by atoms with van der Waals surface area (Å²) >= 11 is 1.03. The lowest BCUT2D eigenvalue weighted by atomic mass is 10.2. The van der Waals surface area contributed by atoms with Crippen molar-refractivity contribution in [3.8, 4) is 11.8 Å². The highest BCUT2D eigenvalue weighted by atomic mass is 32.2. The number of aliphatic hydroxyl groups excluding tert-OH is 1. The van der Waals surface area contributed by atoms with Crippen LogP contribution in [0.1, 0.15) is 25.1 Å². The second kappa shape index (κ2) is 4.59. The first-order valence-electron chi connectivity index (χ1n) is 5.47. The lowest BCUT2D eigenvalue weighted by Crippen LogP contribution is -2.67. The van der Waals surface area contributed by atoms with Crippen LogP contribution in [0.3, 0.4) is 0 Å². The number of aliphatic hydroxyl groups is 1. The summed E-state index contributed by atoms with van der Waals surface area (Å²) in [5.41, 5.74) is 0. The van der Waals surface area contributed by atoms with E-state index in [1.54, 1.807) is 0 Å². The van der Waals surface area contributed by atoms with Crippen LogP contribution in [0.25, 0.3) is 0 Å². The molecule has 1 amide bonds. The number of anilines is 1. The number of sulfonamides is 1. The molecule has 0 aromatic carbocycles. The molecule has 0 aliphatic carbocycles. The van der Waals surface area contributed by atoms with Gasteiger partial charge in [0, 0.05) is 6.42 Å². The molecule has 1 N–H and O–H groups in total. The summed E-state index contributed by atoms with van der Waals surface area (Å²) in [6.07, 6.45) is 1.75. The molecule has 0 atom stereocenters. The molecular formula is C11H12N2O4S2. The normalized spacial score (nSPS) is 19.5. The van der Waals surface area contributed by atoms with Crippen LogP contribution < -0.4 is 4.31 Å². The fraction of sp³-hybridized carbons (Fsp3) is 0.455. The van der Waals surface area contributed by atoms with Gasteiger partial charge in [0.05, 0.1) is 17.7 Å². The average molecular weight is 300 g/mol. The van der Waals surface area contributed by atoms with Crippen molar-refractivity contribution in [2.24, 2.45) is 0 Å². The Morgan fingerprint density at radius 1 is 1.53 bits per heavy atom. The Morgan fingerprint density at radius 3 is 2.79 bits per heavy atom. The molecule has 1 aromatic rings. The molecule has 6 nitrogen and oxygen atoms in total. The van der Waals surface area contributed by atoms with Gasteiger partial charge in [0.15, 0.2) is 4.75 Å². The smallest absolute Gasteiger partial charge is 0.265 e. The maximum absolute atomic E-state index is 12.0. The van der Waals surface area contributed by atoms with Gasteiger partial charge >= 0.3 is 0 Å². The first-order valence-corrected chi connectivity index (χ1v) is 7.73. The van der Waals surface area contributed by atoms with Crippen molar-refractivity contribution in [3.63, 3.8) is 0 Å². The number of amides is 1. The van der Waals surface area contributed by atoms with Crippen molar-refractivity contribution >= 4 is 32.4 Å². The van der Waals surface area contributed by atoms with Gasteiger partial charge in [-0.1, -0.05) is 23.2 Å². The van der Waals surface area contributed by atoms with Crippen molar-refractivity contribution in [2.45, 2.75) is 25.0 Å². The van der Waals surface area contributed by atoms with Crippen LogP contribution in [0.5, 0.6) is 0 Å². The van der Waals surface area contributed by atoms with Crippen molar-refractivity contribution in [1.82, 2.24) is 4.98 Å². The quantitative estimate of drug-likeness (QED) is 0.795. The fourth-order valence-electron chi connectivity index (χ4n) is 1.46. The van der Waals surface area contributed by atoms with E-state index >= 15 is 0 Å². The molecule has 1 aliphatic rings. The van der Waals surface area contributed by atoms with Gasteiger partial charge in [-0.25, -0.2) is 13.4 Å². The lowest BCUT2D eigenvalue weighted by molar-refractivity contribution is -0.120. The lowest BCUT2D eigenvalue weighted by Gasteiger charge is -2.41. The molecule has 1 aliphatic heterocycles. The highest BCUT2D eigenvalue weighted by molar-refractivity contribution is 7.98. The van der Waals surface area contributed by atoms with Gasteiger partial charge < -0.3 is 5.11 Å². The molecule has 0 unspecified atom stereocenters. The summed E-state index contributed by atoms with van der Waals surface area (Å²) in [6, 6.07) is 0. The molecule has 2 heterocycles. The third-order valence-electron chi connectivity index (χ3n) is 2.70. The number of hydrogen-bond acceptors (Lipinski definition) is 6. The Balaban J connectivity index is 2.27. The van der Waals surface area contributed by atoms with Crippen LogP contribution >= 0.6 is 11.3 Å². The summed E-state index contributed by atoms with van der Waals surface area (Å²) < 4.78 is 23.2. The number of aromatic nitrogens is 1. The van der Waals surface area contributed by atoms with E-state index in [0.29, 0.717) is 11.3 Å². The zero-order valence-electron chi connectivity index (χ0n) is 10.4. The van der Waals surface area contributed by atoms with Gasteiger partial charge in [0.1, 0.15) is 0 Å². The molecule has 0 spiro atoms. The monoisotopic (exact) mass is 300 g/mol. The second-order valence-electron chi connectivity index (χ2n) is 4.37. The van der Waals surface area contributed by atoms with E-state index in [4.69, 9.17) is 5.11 Å². The number of nitrogens with zero attached hydrogens (tertiary/aromatic N) is 2. The topological polar surface area (TPSA) is 87.6 Å². The minimum Gasteiger partial charge on any atom is -0.395 e. The zero-order chi connectivity index (χ0) is 14.3. The van der Waals surface area contributed by atoms with Crippen LogP contribution in [-0.2, 0) is 14.8 Å². The molecule has 1 saturated heterocycles. The molecule has 0 saturated carbocycles. The molecule has 2 rings (SSSR count). The highest BCUT2D eigenvalue weighted by Gasteiger charge is 2.61. The fourth-order valence-corrected chi connectivity index (χ4v) is 3.90.